The fraction of sp³-hybridized carbons (Fsp3) is 0.200. The molecular formula is C15H17IN2O. The molecule has 0 spiro atoms. The number of nitrogen functional groups attached to an aromatic ring is 1. The van der Waals surface area contributed by atoms with Crippen LogP contribution >= 0.6 is 22.6 Å². The molecule has 4 heteroatoms. The summed E-state index contributed by atoms with van der Waals surface area (Å²) in [4.78, 5) is 0. The largest absolute Gasteiger partial charge is 0.491 e. The van der Waals surface area contributed by atoms with Crippen LogP contribution in [0.4, 0.5) is 17.1 Å². The summed E-state index contributed by atoms with van der Waals surface area (Å²) in [5.74, 6) is 0.882. The molecule has 0 heterocycles. The maximum absolute atomic E-state index is 5.74. The number of halogens is 1. The molecular weight excluding hydrogens is 351 g/mol. The van der Waals surface area contributed by atoms with E-state index >= 15 is 0 Å². The maximum Gasteiger partial charge on any atom is 0.119 e. The number of rotatable bonds is 4. The van der Waals surface area contributed by atoms with Gasteiger partial charge in [0.1, 0.15) is 5.75 Å². The SMILES string of the molecule is CC(C)Oc1ccc(Nc2ccc(N)cc2I)cc1. The van der Waals surface area contributed by atoms with Crippen LogP contribution in [0.25, 0.3) is 0 Å². The molecule has 3 N–H and O–H groups in total. The molecule has 0 saturated carbocycles. The van der Waals surface area contributed by atoms with Crippen molar-refractivity contribution in [3.8, 4) is 5.75 Å². The Labute approximate surface area is 127 Å². The number of hydrogen-bond donors (Lipinski definition) is 2. The molecule has 3 nitrogen and oxygen atoms in total. The summed E-state index contributed by atoms with van der Waals surface area (Å²) in [7, 11) is 0. The Morgan fingerprint density at radius 2 is 1.79 bits per heavy atom. The van der Waals surface area contributed by atoms with Gasteiger partial charge in [-0.25, -0.2) is 0 Å². The lowest BCUT2D eigenvalue weighted by atomic mass is 10.2. The lowest BCUT2D eigenvalue weighted by Crippen LogP contribution is -2.05. The van der Waals surface area contributed by atoms with E-state index in [-0.39, 0.29) is 6.10 Å². The zero-order chi connectivity index (χ0) is 13.8. The quantitative estimate of drug-likeness (QED) is 0.621. The van der Waals surface area contributed by atoms with Gasteiger partial charge in [0, 0.05) is 14.9 Å². The molecule has 0 amide bonds. The second-order valence-electron chi connectivity index (χ2n) is 4.56. The summed E-state index contributed by atoms with van der Waals surface area (Å²) in [6, 6.07) is 13.8. The molecule has 2 rings (SSSR count). The summed E-state index contributed by atoms with van der Waals surface area (Å²) in [6.07, 6.45) is 0.192. The third-order valence-electron chi connectivity index (χ3n) is 2.50. The molecule has 0 unspecified atom stereocenters. The summed E-state index contributed by atoms with van der Waals surface area (Å²) < 4.78 is 6.71. The Balaban J connectivity index is 2.10. The fourth-order valence-corrected chi connectivity index (χ4v) is 2.35. The lowest BCUT2D eigenvalue weighted by molar-refractivity contribution is 0.242. The Morgan fingerprint density at radius 1 is 1.11 bits per heavy atom. The molecule has 2 aromatic rings. The number of anilines is 3. The van der Waals surface area contributed by atoms with Crippen LogP contribution in [0.5, 0.6) is 5.75 Å². The highest BCUT2D eigenvalue weighted by molar-refractivity contribution is 14.1. The molecule has 0 bridgehead atoms. The van der Waals surface area contributed by atoms with E-state index in [1.165, 1.54) is 0 Å². The molecule has 0 aliphatic carbocycles. The Morgan fingerprint density at radius 3 is 2.37 bits per heavy atom. The van der Waals surface area contributed by atoms with Crippen LogP contribution in [0.2, 0.25) is 0 Å². The van der Waals surface area contributed by atoms with E-state index in [0.29, 0.717) is 0 Å². The fourth-order valence-electron chi connectivity index (χ4n) is 1.68. The van der Waals surface area contributed by atoms with Gasteiger partial charge >= 0.3 is 0 Å². The molecule has 0 fully saturated rings. The summed E-state index contributed by atoms with van der Waals surface area (Å²) in [5.41, 5.74) is 8.59. The van der Waals surface area contributed by atoms with Crippen molar-refractivity contribution >= 4 is 39.7 Å². The van der Waals surface area contributed by atoms with E-state index in [9.17, 15) is 0 Å². The number of hydrogen-bond acceptors (Lipinski definition) is 3. The van der Waals surface area contributed by atoms with Crippen molar-refractivity contribution < 1.29 is 4.74 Å². The summed E-state index contributed by atoms with van der Waals surface area (Å²) in [6.45, 7) is 4.03. The minimum absolute atomic E-state index is 0.192. The monoisotopic (exact) mass is 368 g/mol. The van der Waals surface area contributed by atoms with Gasteiger partial charge in [-0.15, -0.1) is 0 Å². The van der Waals surface area contributed by atoms with Gasteiger partial charge in [-0.2, -0.15) is 0 Å². The molecule has 0 radical (unpaired) electrons. The number of nitrogens with two attached hydrogens (primary N) is 1. The highest BCUT2D eigenvalue weighted by Crippen LogP contribution is 2.25. The highest BCUT2D eigenvalue weighted by Gasteiger charge is 2.02. The first kappa shape index (κ1) is 14.0. The third kappa shape index (κ3) is 4.02. The van der Waals surface area contributed by atoms with Crippen LogP contribution < -0.4 is 15.8 Å². The van der Waals surface area contributed by atoms with E-state index in [1.807, 2.05) is 56.3 Å². The van der Waals surface area contributed by atoms with Gasteiger partial charge in [-0.1, -0.05) is 0 Å². The first-order valence-corrected chi connectivity index (χ1v) is 7.21. The van der Waals surface area contributed by atoms with Crippen LogP contribution in [0.3, 0.4) is 0 Å². The van der Waals surface area contributed by atoms with Gasteiger partial charge in [0.25, 0.3) is 0 Å². The molecule has 2 aromatic carbocycles. The average molecular weight is 368 g/mol. The van der Waals surface area contributed by atoms with Crippen LogP contribution in [0.15, 0.2) is 42.5 Å². The standard InChI is InChI=1S/C15H17IN2O/c1-10(2)19-13-6-4-12(5-7-13)18-15-8-3-11(17)9-14(15)16/h3-10,18H,17H2,1-2H3. The van der Waals surface area contributed by atoms with Crippen LogP contribution in [0.1, 0.15) is 13.8 Å². The highest BCUT2D eigenvalue weighted by atomic mass is 127. The molecule has 19 heavy (non-hydrogen) atoms. The van der Waals surface area contributed by atoms with Gasteiger partial charge in [-0.3, -0.25) is 0 Å². The number of ether oxygens (including phenoxy) is 1. The summed E-state index contributed by atoms with van der Waals surface area (Å²) in [5, 5.41) is 3.36. The Hall–Kier alpha value is -1.43. The van der Waals surface area contributed by atoms with E-state index in [0.717, 1.165) is 26.4 Å². The molecule has 100 valence electrons. The number of nitrogens with one attached hydrogen (secondary N) is 1. The maximum atomic E-state index is 5.74. The van der Waals surface area contributed by atoms with Crippen LogP contribution in [-0.4, -0.2) is 6.10 Å². The van der Waals surface area contributed by atoms with Crippen LogP contribution in [-0.2, 0) is 0 Å². The van der Waals surface area contributed by atoms with Gasteiger partial charge in [-0.05, 0) is 78.9 Å². The van der Waals surface area contributed by atoms with Crippen molar-refractivity contribution in [2.24, 2.45) is 0 Å². The van der Waals surface area contributed by atoms with Gasteiger partial charge < -0.3 is 15.8 Å². The second kappa shape index (κ2) is 6.14. The zero-order valence-corrected chi connectivity index (χ0v) is 13.1. The minimum Gasteiger partial charge on any atom is -0.491 e. The van der Waals surface area contributed by atoms with Crippen molar-refractivity contribution in [2.75, 3.05) is 11.1 Å². The van der Waals surface area contributed by atoms with Gasteiger partial charge in [0.15, 0.2) is 0 Å². The average Bonchev–Trinajstić information content (AvgIpc) is 2.34. The van der Waals surface area contributed by atoms with Crippen molar-refractivity contribution in [2.45, 2.75) is 20.0 Å². The minimum atomic E-state index is 0.192. The molecule has 0 aromatic heterocycles. The third-order valence-corrected chi connectivity index (χ3v) is 3.39. The predicted octanol–water partition coefficient (Wildman–Crippen LogP) is 4.40. The van der Waals surface area contributed by atoms with E-state index in [2.05, 4.69) is 27.9 Å². The van der Waals surface area contributed by atoms with Crippen molar-refractivity contribution in [3.05, 3.63) is 46.0 Å². The smallest absolute Gasteiger partial charge is 0.119 e. The van der Waals surface area contributed by atoms with Crippen LogP contribution in [0, 0.1) is 3.57 Å². The lowest BCUT2D eigenvalue weighted by Gasteiger charge is -2.12. The zero-order valence-electron chi connectivity index (χ0n) is 11.0. The van der Waals surface area contributed by atoms with E-state index < -0.39 is 0 Å². The van der Waals surface area contributed by atoms with E-state index in [4.69, 9.17) is 10.5 Å². The van der Waals surface area contributed by atoms with Crippen molar-refractivity contribution in [1.82, 2.24) is 0 Å². The first-order valence-electron chi connectivity index (χ1n) is 6.13. The Kier molecular flexibility index (Phi) is 4.52. The van der Waals surface area contributed by atoms with E-state index in [1.54, 1.807) is 0 Å². The van der Waals surface area contributed by atoms with Crippen molar-refractivity contribution in [1.29, 1.82) is 0 Å². The second-order valence-corrected chi connectivity index (χ2v) is 5.72. The number of benzene rings is 2. The first-order chi connectivity index (χ1) is 9.04. The predicted molar refractivity (Wildman–Crippen MR) is 89.1 cm³/mol. The van der Waals surface area contributed by atoms with Gasteiger partial charge in [0.2, 0.25) is 0 Å². The molecule has 0 saturated heterocycles. The topological polar surface area (TPSA) is 47.3 Å². The van der Waals surface area contributed by atoms with Crippen molar-refractivity contribution in [3.63, 3.8) is 0 Å². The molecule has 0 atom stereocenters. The normalized spacial score (nSPS) is 10.5. The Bertz CT molecular complexity index is 553. The summed E-state index contributed by atoms with van der Waals surface area (Å²) >= 11 is 2.27. The molecule has 0 aliphatic heterocycles. The molecule has 0 aliphatic rings. The van der Waals surface area contributed by atoms with Gasteiger partial charge in [0.05, 0.1) is 11.8 Å².